The number of aryl methyl sites for hydroxylation is 1. The van der Waals surface area contributed by atoms with Gasteiger partial charge in [0.05, 0.1) is 0 Å². The van der Waals surface area contributed by atoms with Crippen LogP contribution in [0.3, 0.4) is 0 Å². The predicted molar refractivity (Wildman–Crippen MR) is 55.2 cm³/mol. The monoisotopic (exact) mass is 218 g/mol. The van der Waals surface area contributed by atoms with Gasteiger partial charge >= 0.3 is 0 Å². The van der Waals surface area contributed by atoms with E-state index in [1.807, 2.05) is 13.8 Å². The van der Waals surface area contributed by atoms with Gasteiger partial charge in [-0.1, -0.05) is 31.5 Å². The molecule has 3 heteroatoms. The van der Waals surface area contributed by atoms with Gasteiger partial charge in [-0.15, -0.1) is 0 Å². The first-order chi connectivity index (χ1) is 6.43. The number of benzene rings is 1. The zero-order chi connectivity index (χ0) is 10.9. The maximum Gasteiger partial charge on any atom is 0.265 e. The molecular formula is C11H13ClF2. The maximum absolute atomic E-state index is 12.5. The molecule has 0 spiro atoms. The lowest BCUT2D eigenvalue weighted by Gasteiger charge is -2.12. The summed E-state index contributed by atoms with van der Waals surface area (Å²) in [5.74, 6) is 0.304. The third-order valence-electron chi connectivity index (χ3n) is 2.24. The third-order valence-corrected chi connectivity index (χ3v) is 2.56. The zero-order valence-electron chi connectivity index (χ0n) is 8.44. The molecule has 78 valence electrons. The van der Waals surface area contributed by atoms with Gasteiger partial charge in [-0.2, -0.15) is 0 Å². The van der Waals surface area contributed by atoms with Crippen molar-refractivity contribution >= 4 is 11.6 Å². The molecule has 0 saturated carbocycles. The van der Waals surface area contributed by atoms with Gasteiger partial charge in [0.1, 0.15) is 0 Å². The van der Waals surface area contributed by atoms with Crippen LogP contribution in [0.4, 0.5) is 8.78 Å². The van der Waals surface area contributed by atoms with Crippen molar-refractivity contribution < 1.29 is 8.78 Å². The second-order valence-corrected chi connectivity index (χ2v) is 4.10. The number of rotatable bonds is 2. The molecule has 0 aromatic heterocycles. The fraction of sp³-hybridized carbons (Fsp3) is 0.455. The Morgan fingerprint density at radius 1 is 1.21 bits per heavy atom. The predicted octanol–water partition coefficient (Wildman–Crippen LogP) is 4.71. The molecule has 0 fully saturated rings. The summed E-state index contributed by atoms with van der Waals surface area (Å²) >= 11 is 5.79. The Hall–Kier alpha value is -0.630. The summed E-state index contributed by atoms with van der Waals surface area (Å²) in [5.41, 5.74) is 1.52. The second kappa shape index (κ2) is 4.26. The first-order valence-corrected chi connectivity index (χ1v) is 4.89. The van der Waals surface area contributed by atoms with E-state index < -0.39 is 6.43 Å². The smallest absolute Gasteiger partial charge is 0.205 e. The van der Waals surface area contributed by atoms with Crippen molar-refractivity contribution in [2.45, 2.75) is 33.1 Å². The van der Waals surface area contributed by atoms with Gasteiger partial charge < -0.3 is 0 Å². The molecule has 0 nitrogen and oxygen atoms in total. The summed E-state index contributed by atoms with van der Waals surface area (Å²) < 4.78 is 25.1. The van der Waals surface area contributed by atoms with E-state index in [4.69, 9.17) is 11.6 Å². The van der Waals surface area contributed by atoms with Crippen LogP contribution in [0, 0.1) is 6.92 Å². The average Bonchev–Trinajstić information content (AvgIpc) is 2.01. The Bertz CT molecular complexity index is 309. The first kappa shape index (κ1) is 11.4. The van der Waals surface area contributed by atoms with E-state index in [0.29, 0.717) is 11.5 Å². The third kappa shape index (κ3) is 2.24. The summed E-state index contributed by atoms with van der Waals surface area (Å²) in [4.78, 5) is 0. The Labute approximate surface area is 87.9 Å². The lowest BCUT2D eigenvalue weighted by atomic mass is 9.98. The van der Waals surface area contributed by atoms with Crippen LogP contribution in [0.5, 0.6) is 0 Å². The van der Waals surface area contributed by atoms with E-state index in [1.54, 1.807) is 19.1 Å². The van der Waals surface area contributed by atoms with Gasteiger partial charge in [-0.05, 0) is 30.0 Å². The fourth-order valence-corrected chi connectivity index (χ4v) is 1.75. The van der Waals surface area contributed by atoms with E-state index in [2.05, 4.69) is 0 Å². The zero-order valence-corrected chi connectivity index (χ0v) is 9.20. The molecule has 0 unspecified atom stereocenters. The fourth-order valence-electron chi connectivity index (χ4n) is 1.39. The van der Waals surface area contributed by atoms with Crippen molar-refractivity contribution in [1.82, 2.24) is 0 Å². The number of alkyl halides is 2. The van der Waals surface area contributed by atoms with Gasteiger partial charge in [0, 0.05) is 10.6 Å². The molecule has 1 aromatic rings. The Morgan fingerprint density at radius 2 is 1.79 bits per heavy atom. The van der Waals surface area contributed by atoms with Crippen LogP contribution < -0.4 is 0 Å². The molecule has 1 rings (SSSR count). The number of hydrogen-bond acceptors (Lipinski definition) is 0. The second-order valence-electron chi connectivity index (χ2n) is 3.69. The molecule has 0 aliphatic heterocycles. The highest BCUT2D eigenvalue weighted by molar-refractivity contribution is 6.31. The average molecular weight is 219 g/mol. The topological polar surface area (TPSA) is 0 Å². The quantitative estimate of drug-likeness (QED) is 0.675. The molecule has 0 N–H and O–H groups in total. The highest BCUT2D eigenvalue weighted by Gasteiger charge is 2.16. The lowest BCUT2D eigenvalue weighted by molar-refractivity contribution is 0.150. The van der Waals surface area contributed by atoms with Crippen molar-refractivity contribution in [3.05, 3.63) is 33.8 Å². The summed E-state index contributed by atoms with van der Waals surface area (Å²) in [6.45, 7) is 5.68. The van der Waals surface area contributed by atoms with Crippen LogP contribution in [0.25, 0.3) is 0 Å². The summed E-state index contributed by atoms with van der Waals surface area (Å²) in [6, 6.07) is 3.40. The number of halogens is 3. The molecular weight excluding hydrogens is 206 g/mol. The minimum Gasteiger partial charge on any atom is -0.205 e. The van der Waals surface area contributed by atoms with E-state index in [0.717, 1.165) is 5.56 Å². The van der Waals surface area contributed by atoms with E-state index >= 15 is 0 Å². The molecule has 0 heterocycles. The highest BCUT2D eigenvalue weighted by atomic mass is 35.5. The summed E-state index contributed by atoms with van der Waals surface area (Å²) in [6.07, 6.45) is -2.50. The maximum atomic E-state index is 12.5. The Balaban J connectivity index is 3.25. The van der Waals surface area contributed by atoms with Gasteiger partial charge in [0.15, 0.2) is 0 Å². The van der Waals surface area contributed by atoms with E-state index in [9.17, 15) is 8.78 Å². The van der Waals surface area contributed by atoms with Crippen LogP contribution >= 0.6 is 11.6 Å². The van der Waals surface area contributed by atoms with E-state index in [-0.39, 0.29) is 10.6 Å². The van der Waals surface area contributed by atoms with Gasteiger partial charge in [0.25, 0.3) is 6.43 Å². The van der Waals surface area contributed by atoms with Crippen molar-refractivity contribution in [1.29, 1.82) is 0 Å². The molecule has 0 radical (unpaired) electrons. The van der Waals surface area contributed by atoms with Crippen LogP contribution in [-0.2, 0) is 0 Å². The summed E-state index contributed by atoms with van der Waals surface area (Å²) in [5, 5.41) is 0.170. The Morgan fingerprint density at radius 3 is 2.14 bits per heavy atom. The van der Waals surface area contributed by atoms with E-state index in [1.165, 1.54) is 0 Å². The highest BCUT2D eigenvalue weighted by Crippen LogP contribution is 2.32. The summed E-state index contributed by atoms with van der Waals surface area (Å²) in [7, 11) is 0. The Kier molecular flexibility index (Phi) is 3.48. The van der Waals surface area contributed by atoms with Crippen LogP contribution in [0.15, 0.2) is 12.1 Å². The molecule has 0 aliphatic rings. The minimum atomic E-state index is -2.50. The largest absolute Gasteiger partial charge is 0.265 e. The van der Waals surface area contributed by atoms with Crippen molar-refractivity contribution in [2.75, 3.05) is 0 Å². The SMILES string of the molecule is Cc1cc(C(C)C)cc(Cl)c1C(F)F. The first-order valence-electron chi connectivity index (χ1n) is 4.51. The molecule has 1 aromatic carbocycles. The van der Waals surface area contributed by atoms with Crippen LogP contribution in [0.2, 0.25) is 5.02 Å². The molecule has 0 atom stereocenters. The molecule has 0 saturated heterocycles. The van der Waals surface area contributed by atoms with Crippen molar-refractivity contribution in [3.63, 3.8) is 0 Å². The normalized spacial score (nSPS) is 11.4. The number of hydrogen-bond donors (Lipinski definition) is 0. The van der Waals surface area contributed by atoms with Gasteiger partial charge in [-0.25, -0.2) is 8.78 Å². The van der Waals surface area contributed by atoms with Crippen molar-refractivity contribution in [3.8, 4) is 0 Å². The molecule has 0 aliphatic carbocycles. The van der Waals surface area contributed by atoms with Crippen LogP contribution in [-0.4, -0.2) is 0 Å². The molecule has 0 bridgehead atoms. The molecule has 0 amide bonds. The van der Waals surface area contributed by atoms with Gasteiger partial charge in [0.2, 0.25) is 0 Å². The van der Waals surface area contributed by atoms with Crippen LogP contribution in [0.1, 0.15) is 42.9 Å². The lowest BCUT2D eigenvalue weighted by Crippen LogP contribution is -1.95. The standard InChI is InChI=1S/C11H13ClF2/c1-6(2)8-4-7(3)10(11(13)14)9(12)5-8/h4-6,11H,1-3H3. The molecule has 14 heavy (non-hydrogen) atoms. The van der Waals surface area contributed by atoms with Gasteiger partial charge in [-0.3, -0.25) is 0 Å². The van der Waals surface area contributed by atoms with Crippen molar-refractivity contribution in [2.24, 2.45) is 0 Å². The minimum absolute atomic E-state index is 0.0453.